The monoisotopic (exact) mass is 830 g/mol. The first-order chi connectivity index (χ1) is 31.9. The highest BCUT2D eigenvalue weighted by Gasteiger charge is 2.36. The van der Waals surface area contributed by atoms with Crippen LogP contribution in [0.1, 0.15) is 36.1 Å². The first-order valence-corrected chi connectivity index (χ1v) is 22.5. The smallest absolute Gasteiger partial charge is 0.0702 e. The van der Waals surface area contributed by atoms with Crippen LogP contribution in [-0.4, -0.2) is 0 Å². The molecule has 0 amide bonds. The van der Waals surface area contributed by atoms with E-state index in [1.54, 1.807) is 0 Å². The van der Waals surface area contributed by atoms with Crippen molar-refractivity contribution in [3.05, 3.63) is 253 Å². The molecule has 2 nitrogen and oxygen atoms in total. The summed E-state index contributed by atoms with van der Waals surface area (Å²) >= 11 is 0. The van der Waals surface area contributed by atoms with Crippen molar-refractivity contribution in [2.24, 2.45) is 0 Å². The topological polar surface area (TPSA) is 6.48 Å². The summed E-state index contributed by atoms with van der Waals surface area (Å²) in [6, 6.07) is 79.9. The minimum Gasteiger partial charge on any atom is -0.308 e. The summed E-state index contributed by atoms with van der Waals surface area (Å²) in [4.78, 5) is 4.89. The van der Waals surface area contributed by atoms with Crippen LogP contribution in [-0.2, 0) is 5.41 Å². The Balaban J connectivity index is 1.09. The van der Waals surface area contributed by atoms with Gasteiger partial charge in [0.1, 0.15) is 0 Å². The van der Waals surface area contributed by atoms with Crippen LogP contribution < -0.4 is 9.80 Å². The van der Waals surface area contributed by atoms with Crippen molar-refractivity contribution in [2.45, 2.75) is 19.3 Å². The Kier molecular flexibility index (Phi) is 9.03. The molecule has 2 aliphatic rings. The number of fused-ring (bicyclic) bond motifs is 9. The molecule has 10 aromatic carbocycles. The van der Waals surface area contributed by atoms with Crippen LogP contribution in [0.25, 0.3) is 66.6 Å². The van der Waals surface area contributed by atoms with Gasteiger partial charge in [-0.3, -0.25) is 0 Å². The molecule has 0 aromatic heterocycles. The van der Waals surface area contributed by atoms with E-state index in [0.717, 1.165) is 39.7 Å². The second-order valence-corrected chi connectivity index (χ2v) is 17.8. The molecule has 2 heteroatoms. The van der Waals surface area contributed by atoms with Crippen molar-refractivity contribution in [3.8, 4) is 33.4 Å². The van der Waals surface area contributed by atoms with Crippen LogP contribution >= 0.6 is 0 Å². The van der Waals surface area contributed by atoms with Crippen molar-refractivity contribution in [2.75, 3.05) is 9.80 Å². The number of nitrogens with zero attached hydrogens (tertiary/aromatic N) is 2. The Morgan fingerprint density at radius 3 is 1.46 bits per heavy atom. The van der Waals surface area contributed by atoms with Gasteiger partial charge in [0.2, 0.25) is 0 Å². The summed E-state index contributed by atoms with van der Waals surface area (Å²) in [5.74, 6) is 0. The molecule has 0 fully saturated rings. The average Bonchev–Trinajstić information content (AvgIpc) is 3.87. The Labute approximate surface area is 381 Å². The van der Waals surface area contributed by atoms with Crippen LogP contribution in [0.15, 0.2) is 231 Å². The Bertz CT molecular complexity index is 3420. The number of hydrogen-bond donors (Lipinski definition) is 0. The molecule has 0 aliphatic heterocycles. The average molecular weight is 831 g/mol. The molecule has 0 atom stereocenters. The fourth-order valence-corrected chi connectivity index (χ4v) is 10.5. The standard InChI is InChI=1S/C63H46N2/c1-42-26-37-56-52-21-11-10-20-51(52)53-38-35-49(40-57(53)62(42)56)65(50-36-39-55-54-22-12-13-23-58(54)63(2,3)59(55)41-50)61-25-15-14-24-60(61)64(47-31-27-45(28-32-47)43-16-6-4-7-17-43)48-33-29-46(30-34-48)44-18-8-5-9-19-44/h4-41H,1H2,2-3H3. The summed E-state index contributed by atoms with van der Waals surface area (Å²) in [6.07, 6.45) is 4.41. The van der Waals surface area contributed by atoms with Gasteiger partial charge in [-0.2, -0.15) is 0 Å². The van der Waals surface area contributed by atoms with Crippen molar-refractivity contribution in [3.63, 3.8) is 0 Å². The normalized spacial score (nSPS) is 13.2. The summed E-state index contributed by atoms with van der Waals surface area (Å²) in [7, 11) is 0. The third-order valence-electron chi connectivity index (χ3n) is 13.7. The van der Waals surface area contributed by atoms with Gasteiger partial charge < -0.3 is 9.80 Å². The van der Waals surface area contributed by atoms with E-state index in [1.807, 2.05) is 0 Å². The molecule has 0 spiro atoms. The Hall–Kier alpha value is -8.20. The molecule has 308 valence electrons. The van der Waals surface area contributed by atoms with E-state index in [2.05, 4.69) is 261 Å². The molecule has 0 heterocycles. The van der Waals surface area contributed by atoms with Crippen LogP contribution in [0.3, 0.4) is 0 Å². The molecule has 0 saturated heterocycles. The highest BCUT2D eigenvalue weighted by Crippen LogP contribution is 2.53. The summed E-state index contributed by atoms with van der Waals surface area (Å²) < 4.78 is 0. The lowest BCUT2D eigenvalue weighted by atomic mass is 9.82. The molecular weight excluding hydrogens is 785 g/mol. The maximum Gasteiger partial charge on any atom is 0.0702 e. The van der Waals surface area contributed by atoms with E-state index in [0.29, 0.717) is 0 Å². The second-order valence-electron chi connectivity index (χ2n) is 17.8. The van der Waals surface area contributed by atoms with Gasteiger partial charge in [-0.15, -0.1) is 0 Å². The van der Waals surface area contributed by atoms with Gasteiger partial charge in [0, 0.05) is 28.2 Å². The van der Waals surface area contributed by atoms with Crippen molar-refractivity contribution in [1.82, 2.24) is 0 Å². The minimum absolute atomic E-state index is 0.174. The summed E-state index contributed by atoms with van der Waals surface area (Å²) in [5, 5.41) is 4.94. The highest BCUT2D eigenvalue weighted by atomic mass is 15.2. The number of hydrogen-bond acceptors (Lipinski definition) is 2. The molecule has 10 aromatic rings. The largest absolute Gasteiger partial charge is 0.308 e. The van der Waals surface area contributed by atoms with Gasteiger partial charge >= 0.3 is 0 Å². The van der Waals surface area contributed by atoms with Gasteiger partial charge in [-0.25, -0.2) is 0 Å². The van der Waals surface area contributed by atoms with Crippen molar-refractivity contribution < 1.29 is 0 Å². The van der Waals surface area contributed by atoms with Crippen LogP contribution in [0.5, 0.6) is 0 Å². The Morgan fingerprint density at radius 2 is 0.815 bits per heavy atom. The predicted octanol–water partition coefficient (Wildman–Crippen LogP) is 17.6. The third-order valence-corrected chi connectivity index (χ3v) is 13.7. The van der Waals surface area contributed by atoms with Crippen molar-refractivity contribution >= 4 is 67.3 Å². The molecule has 0 bridgehead atoms. The molecule has 0 saturated carbocycles. The number of anilines is 6. The SMILES string of the molecule is C=C1C=Cc2c1c1cc(N(c3ccc4c(c3)C(C)(C)c3ccccc3-4)c3ccccc3N(c3ccc(-c4ccccc4)cc3)c3ccc(-c4ccccc4)cc3)ccc1c1ccccc21. The first-order valence-electron chi connectivity index (χ1n) is 22.5. The van der Waals surface area contributed by atoms with E-state index < -0.39 is 0 Å². The molecule has 12 rings (SSSR count). The lowest BCUT2D eigenvalue weighted by Gasteiger charge is -2.34. The van der Waals surface area contributed by atoms with Gasteiger partial charge in [0.15, 0.2) is 0 Å². The molecule has 65 heavy (non-hydrogen) atoms. The van der Waals surface area contributed by atoms with Gasteiger partial charge in [0.25, 0.3) is 0 Å². The number of rotatable bonds is 8. The Morgan fingerprint density at radius 1 is 0.354 bits per heavy atom. The molecule has 2 aliphatic carbocycles. The predicted molar refractivity (Wildman–Crippen MR) is 277 cm³/mol. The highest BCUT2D eigenvalue weighted by molar-refractivity contribution is 6.19. The zero-order chi connectivity index (χ0) is 43.6. The van der Waals surface area contributed by atoms with Crippen LogP contribution in [0, 0.1) is 0 Å². The molecule has 0 radical (unpaired) electrons. The van der Waals surface area contributed by atoms with E-state index >= 15 is 0 Å². The first kappa shape index (κ1) is 38.5. The third kappa shape index (κ3) is 6.32. The van der Waals surface area contributed by atoms with Gasteiger partial charge in [-0.1, -0.05) is 190 Å². The van der Waals surface area contributed by atoms with E-state index in [4.69, 9.17) is 0 Å². The van der Waals surface area contributed by atoms with Crippen LogP contribution in [0.2, 0.25) is 0 Å². The van der Waals surface area contributed by atoms with E-state index in [9.17, 15) is 0 Å². The van der Waals surface area contributed by atoms with Gasteiger partial charge in [0.05, 0.1) is 11.4 Å². The lowest BCUT2D eigenvalue weighted by molar-refractivity contribution is 0.660. The van der Waals surface area contributed by atoms with Crippen molar-refractivity contribution in [1.29, 1.82) is 0 Å². The number of benzene rings is 10. The fourth-order valence-electron chi connectivity index (χ4n) is 10.5. The maximum absolute atomic E-state index is 4.57. The zero-order valence-electron chi connectivity index (χ0n) is 36.5. The lowest BCUT2D eigenvalue weighted by Crippen LogP contribution is -2.18. The fraction of sp³-hybridized carbons (Fsp3) is 0.0476. The van der Waals surface area contributed by atoms with Crippen LogP contribution in [0.4, 0.5) is 34.1 Å². The number of allylic oxidation sites excluding steroid dienone is 2. The summed E-state index contributed by atoms with van der Waals surface area (Å²) in [6.45, 7) is 9.29. The quantitative estimate of drug-likeness (QED) is 0.141. The van der Waals surface area contributed by atoms with Gasteiger partial charge in [-0.05, 0) is 143 Å². The minimum atomic E-state index is -0.174. The summed E-state index contributed by atoms with van der Waals surface area (Å²) in [5.41, 5.74) is 19.8. The number of para-hydroxylation sites is 2. The van der Waals surface area contributed by atoms with E-state index in [1.165, 1.54) is 77.2 Å². The zero-order valence-corrected chi connectivity index (χ0v) is 36.5. The molecule has 0 N–H and O–H groups in total. The molecular formula is C63H46N2. The molecule has 0 unspecified atom stereocenters. The second kappa shape index (κ2) is 15.3. The maximum atomic E-state index is 4.57. The van der Waals surface area contributed by atoms with E-state index in [-0.39, 0.29) is 5.41 Å².